The second kappa shape index (κ2) is 4.45. The van der Waals surface area contributed by atoms with Crippen molar-refractivity contribution in [1.82, 2.24) is 9.97 Å². The highest BCUT2D eigenvalue weighted by Gasteiger charge is 2.07. The van der Waals surface area contributed by atoms with E-state index in [-0.39, 0.29) is 5.56 Å². The van der Waals surface area contributed by atoms with Crippen molar-refractivity contribution in [1.29, 1.82) is 0 Å². The van der Waals surface area contributed by atoms with Crippen LogP contribution in [0.5, 0.6) is 0 Å². The Kier molecular flexibility index (Phi) is 2.84. The summed E-state index contributed by atoms with van der Waals surface area (Å²) in [6.45, 7) is 0. The number of amides is 1. The molecule has 0 aliphatic heterocycles. The van der Waals surface area contributed by atoms with Gasteiger partial charge in [0.2, 0.25) is 0 Å². The van der Waals surface area contributed by atoms with Crippen LogP contribution in [0.2, 0.25) is 0 Å². The quantitative estimate of drug-likeness (QED) is 0.778. The average Bonchev–Trinajstić information content (AvgIpc) is 2.39. The lowest BCUT2D eigenvalue weighted by molar-refractivity contribution is 0.0999. The van der Waals surface area contributed by atoms with Gasteiger partial charge < -0.3 is 5.73 Å². The molecule has 2 aromatic rings. The second-order valence-corrected chi connectivity index (χ2v) is 3.35. The van der Waals surface area contributed by atoms with Crippen LogP contribution in [-0.4, -0.2) is 15.9 Å². The van der Waals surface area contributed by atoms with Crippen molar-refractivity contribution in [3.63, 3.8) is 0 Å². The topological polar surface area (TPSA) is 68.9 Å². The smallest absolute Gasteiger partial charge is 0.251 e. The van der Waals surface area contributed by atoms with E-state index >= 15 is 0 Å². The number of hydrogen-bond acceptors (Lipinski definition) is 3. The van der Waals surface area contributed by atoms with Crippen molar-refractivity contribution < 1.29 is 4.79 Å². The summed E-state index contributed by atoms with van der Waals surface area (Å²) in [6.07, 6.45) is 8.16. The zero-order chi connectivity index (χ0) is 12.3. The van der Waals surface area contributed by atoms with Gasteiger partial charge in [-0.3, -0.25) is 4.79 Å². The third-order valence-electron chi connectivity index (χ3n) is 2.26. The van der Waals surface area contributed by atoms with Gasteiger partial charge >= 0.3 is 0 Å². The summed E-state index contributed by atoms with van der Waals surface area (Å²) in [4.78, 5) is 19.0. The Morgan fingerprint density at radius 3 is 2.47 bits per heavy atom. The Morgan fingerprint density at radius 2 is 1.88 bits per heavy atom. The van der Waals surface area contributed by atoms with E-state index in [1.54, 1.807) is 6.07 Å². The summed E-state index contributed by atoms with van der Waals surface area (Å²) in [7, 11) is 0. The highest BCUT2D eigenvalue weighted by atomic mass is 16.1. The minimum Gasteiger partial charge on any atom is -0.366 e. The molecule has 0 unspecified atom stereocenters. The molecule has 0 spiro atoms. The van der Waals surface area contributed by atoms with Crippen LogP contribution in [0.4, 0.5) is 0 Å². The molecule has 0 aliphatic carbocycles. The highest BCUT2D eigenvalue weighted by Crippen LogP contribution is 2.18. The van der Waals surface area contributed by atoms with Crippen LogP contribution in [0.1, 0.15) is 15.9 Å². The summed E-state index contributed by atoms with van der Waals surface area (Å²) in [5.74, 6) is 2.48. The maximum atomic E-state index is 10.9. The lowest BCUT2D eigenvalue weighted by atomic mass is 10.1. The number of hydrogen-bond donors (Lipinski definition) is 1. The molecule has 4 nitrogen and oxygen atoms in total. The molecule has 17 heavy (non-hydrogen) atoms. The van der Waals surface area contributed by atoms with E-state index in [1.807, 2.05) is 18.2 Å². The van der Waals surface area contributed by atoms with Crippen molar-refractivity contribution in [3.05, 3.63) is 47.8 Å². The van der Waals surface area contributed by atoms with Crippen LogP contribution in [-0.2, 0) is 0 Å². The van der Waals surface area contributed by atoms with E-state index in [4.69, 9.17) is 12.2 Å². The Morgan fingerprint density at radius 1 is 1.24 bits per heavy atom. The fraction of sp³-hybridized carbons (Fsp3) is 0. The third kappa shape index (κ3) is 2.13. The van der Waals surface area contributed by atoms with E-state index < -0.39 is 5.91 Å². The van der Waals surface area contributed by atoms with Gasteiger partial charge in [0.15, 0.2) is 5.82 Å². The fourth-order valence-corrected chi connectivity index (χ4v) is 1.40. The molecule has 0 aliphatic rings. The van der Waals surface area contributed by atoms with Gasteiger partial charge in [-0.15, -0.1) is 6.42 Å². The number of terminal acetylenes is 1. The second-order valence-electron chi connectivity index (χ2n) is 3.35. The van der Waals surface area contributed by atoms with Crippen LogP contribution in [0, 0.1) is 12.3 Å². The average molecular weight is 223 g/mol. The molecule has 0 radical (unpaired) electrons. The Labute approximate surface area is 98.5 Å². The van der Waals surface area contributed by atoms with Crippen LogP contribution in [0.15, 0.2) is 36.7 Å². The van der Waals surface area contributed by atoms with Gasteiger partial charge in [-0.25, -0.2) is 9.97 Å². The molecule has 2 N–H and O–H groups in total. The minimum atomic E-state index is -0.554. The normalized spacial score (nSPS) is 9.59. The van der Waals surface area contributed by atoms with Crippen molar-refractivity contribution in [2.75, 3.05) is 0 Å². The zero-order valence-electron chi connectivity index (χ0n) is 8.92. The molecule has 2 rings (SSSR count). The molecule has 1 heterocycles. The predicted octanol–water partition coefficient (Wildman–Crippen LogP) is 1.22. The van der Waals surface area contributed by atoms with Gasteiger partial charge in [-0.2, -0.15) is 0 Å². The summed E-state index contributed by atoms with van der Waals surface area (Å²) in [5.41, 5.74) is 6.84. The maximum Gasteiger partial charge on any atom is 0.251 e. The number of nitrogens with two attached hydrogens (primary N) is 1. The molecule has 4 heteroatoms. The molecule has 1 aromatic heterocycles. The number of carbonyl (C=O) groups is 1. The van der Waals surface area contributed by atoms with Crippen molar-refractivity contribution in [3.8, 4) is 23.7 Å². The first kappa shape index (κ1) is 10.8. The summed E-state index contributed by atoms with van der Waals surface area (Å²) < 4.78 is 0. The van der Waals surface area contributed by atoms with E-state index in [2.05, 4.69) is 15.9 Å². The van der Waals surface area contributed by atoms with E-state index in [0.717, 1.165) is 5.56 Å². The summed E-state index contributed by atoms with van der Waals surface area (Å²) >= 11 is 0. The molecule has 0 saturated heterocycles. The maximum absolute atomic E-state index is 10.9. The van der Waals surface area contributed by atoms with Gasteiger partial charge in [-0.05, 0) is 12.1 Å². The minimum absolute atomic E-state index is 0.270. The van der Waals surface area contributed by atoms with Gasteiger partial charge in [0.1, 0.15) is 0 Å². The summed E-state index contributed by atoms with van der Waals surface area (Å²) in [5, 5.41) is 0. The van der Waals surface area contributed by atoms with Crippen molar-refractivity contribution >= 4 is 5.91 Å². The van der Waals surface area contributed by atoms with Crippen molar-refractivity contribution in [2.24, 2.45) is 5.73 Å². The number of nitrogens with zero attached hydrogens (tertiary/aromatic N) is 2. The van der Waals surface area contributed by atoms with Gasteiger partial charge in [0.05, 0.1) is 5.56 Å². The molecule has 0 atom stereocenters. The van der Waals surface area contributed by atoms with E-state index in [9.17, 15) is 4.79 Å². The number of benzene rings is 1. The molecule has 82 valence electrons. The van der Waals surface area contributed by atoms with Gasteiger partial charge in [-0.1, -0.05) is 18.1 Å². The SMILES string of the molecule is C#Cc1ccccc1-c1ncc(C(N)=O)cn1. The molecule has 0 saturated carbocycles. The fourth-order valence-electron chi connectivity index (χ4n) is 1.40. The first-order valence-corrected chi connectivity index (χ1v) is 4.90. The number of aromatic nitrogens is 2. The standard InChI is InChI=1S/C13H9N3O/c1-2-9-5-3-4-6-11(9)13-15-7-10(8-16-13)12(14)17/h1,3-8H,(H2,14,17). The highest BCUT2D eigenvalue weighted by molar-refractivity contribution is 5.92. The van der Waals surface area contributed by atoms with Gasteiger partial charge in [0, 0.05) is 23.5 Å². The molecule has 1 aromatic carbocycles. The van der Waals surface area contributed by atoms with Crippen LogP contribution < -0.4 is 5.73 Å². The lowest BCUT2D eigenvalue weighted by Crippen LogP contribution is -2.11. The van der Waals surface area contributed by atoms with E-state index in [1.165, 1.54) is 12.4 Å². The van der Waals surface area contributed by atoms with Crippen LogP contribution >= 0.6 is 0 Å². The molecule has 0 bridgehead atoms. The number of carbonyl (C=O) groups excluding carboxylic acids is 1. The molecular formula is C13H9N3O. The first-order valence-electron chi connectivity index (χ1n) is 4.90. The Hall–Kier alpha value is -2.67. The number of primary amides is 1. The third-order valence-corrected chi connectivity index (χ3v) is 2.26. The van der Waals surface area contributed by atoms with Crippen molar-refractivity contribution in [2.45, 2.75) is 0 Å². The zero-order valence-corrected chi connectivity index (χ0v) is 8.92. The number of rotatable bonds is 2. The molecule has 0 fully saturated rings. The first-order chi connectivity index (χ1) is 8.22. The molecular weight excluding hydrogens is 214 g/mol. The Balaban J connectivity index is 2.47. The Bertz CT molecular complexity index is 597. The van der Waals surface area contributed by atoms with Crippen LogP contribution in [0.3, 0.4) is 0 Å². The van der Waals surface area contributed by atoms with E-state index in [0.29, 0.717) is 11.4 Å². The lowest BCUT2D eigenvalue weighted by Gasteiger charge is -2.03. The monoisotopic (exact) mass is 223 g/mol. The van der Waals surface area contributed by atoms with Gasteiger partial charge in [0.25, 0.3) is 5.91 Å². The predicted molar refractivity (Wildman–Crippen MR) is 63.9 cm³/mol. The van der Waals surface area contributed by atoms with Crippen LogP contribution in [0.25, 0.3) is 11.4 Å². The summed E-state index contributed by atoms with van der Waals surface area (Å²) in [6, 6.07) is 7.33. The molecule has 1 amide bonds. The largest absolute Gasteiger partial charge is 0.366 e.